The molecule has 7 N–H and O–H groups in total. The molecule has 0 spiro atoms. The number of amides is 2. The van der Waals surface area contributed by atoms with Gasteiger partial charge in [0.15, 0.2) is 6.04 Å². The fourth-order valence-corrected chi connectivity index (χ4v) is 8.54. The number of nitrogens with one attached hydrogen (secondary N) is 1. The van der Waals surface area contributed by atoms with Gasteiger partial charge in [-0.15, -0.1) is 0 Å². The van der Waals surface area contributed by atoms with Gasteiger partial charge in [0.05, 0.1) is 38.5 Å². The summed E-state index contributed by atoms with van der Waals surface area (Å²) in [5.74, 6) is 0.791. The third kappa shape index (κ3) is 7.84. The second-order valence-corrected chi connectivity index (χ2v) is 14.7. The van der Waals surface area contributed by atoms with Crippen molar-refractivity contribution in [2.24, 2.45) is 29.1 Å². The number of benzene rings is 2. The van der Waals surface area contributed by atoms with Gasteiger partial charge in [-0.25, -0.2) is 4.79 Å². The number of nitrogens with two attached hydrogens (primary N) is 1. The Balaban J connectivity index is 1.28. The molecule has 11 heteroatoms. The Hall–Kier alpha value is -2.74. The molecule has 1 aliphatic heterocycles. The number of hydrogen-bond donors (Lipinski definition) is 6. The molecule has 1 heterocycles. The number of fused-ring (bicyclic) bond motifs is 2. The highest BCUT2D eigenvalue weighted by molar-refractivity contribution is 5.95. The number of rotatable bonds is 15. The van der Waals surface area contributed by atoms with E-state index in [0.29, 0.717) is 54.9 Å². The zero-order valence-corrected chi connectivity index (χ0v) is 28.8. The topological polar surface area (TPSA) is 159 Å². The molecule has 3 saturated carbocycles. The van der Waals surface area contributed by atoms with Gasteiger partial charge in [-0.1, -0.05) is 51.1 Å². The van der Waals surface area contributed by atoms with Crippen molar-refractivity contribution in [3.05, 3.63) is 59.7 Å². The second-order valence-electron chi connectivity index (χ2n) is 14.7. The number of primary amides is 1. The lowest BCUT2D eigenvalue weighted by Crippen LogP contribution is -2.99. The predicted molar refractivity (Wildman–Crippen MR) is 181 cm³/mol. The molecule has 4 fully saturated rings. The van der Waals surface area contributed by atoms with Gasteiger partial charge in [0.25, 0.3) is 5.91 Å². The van der Waals surface area contributed by atoms with Crippen molar-refractivity contribution < 1.29 is 40.2 Å². The molecule has 264 valence electrons. The maximum Gasteiger partial charge on any atom is 0.330 e. The van der Waals surface area contributed by atoms with Crippen LogP contribution in [0.15, 0.2) is 48.5 Å². The van der Waals surface area contributed by atoms with E-state index in [1.54, 1.807) is 18.1 Å². The number of aliphatic hydroxyl groups excluding tert-OH is 4. The molecule has 8 unspecified atom stereocenters. The molecule has 48 heavy (non-hydrogen) atoms. The second kappa shape index (κ2) is 15.9. The first-order valence-electron chi connectivity index (χ1n) is 17.5. The monoisotopic (exact) mass is 667 g/mol. The van der Waals surface area contributed by atoms with Gasteiger partial charge < -0.3 is 25.7 Å². The fourth-order valence-electron chi connectivity index (χ4n) is 8.54. The van der Waals surface area contributed by atoms with E-state index in [4.69, 9.17) is 4.84 Å². The summed E-state index contributed by atoms with van der Waals surface area (Å²) < 4.78 is 0. The van der Waals surface area contributed by atoms with Crippen LogP contribution < -0.4 is 10.6 Å². The summed E-state index contributed by atoms with van der Waals surface area (Å²) >= 11 is 0. The zero-order valence-electron chi connectivity index (χ0n) is 28.8. The molecule has 2 bridgehead atoms. The molecule has 8 atom stereocenters. The van der Waals surface area contributed by atoms with Gasteiger partial charge in [0, 0.05) is 50.0 Å². The highest BCUT2D eigenvalue weighted by Crippen LogP contribution is 2.60. The van der Waals surface area contributed by atoms with Crippen LogP contribution in [0.25, 0.3) is 11.1 Å². The molecule has 2 amide bonds. The van der Waals surface area contributed by atoms with E-state index < -0.39 is 24.2 Å². The van der Waals surface area contributed by atoms with E-state index in [2.05, 4.69) is 26.1 Å². The molecule has 1 saturated heterocycles. The summed E-state index contributed by atoms with van der Waals surface area (Å²) in [6.45, 7) is 10.3. The highest BCUT2D eigenvalue weighted by Gasteiger charge is 2.59. The average molecular weight is 668 g/mol. The van der Waals surface area contributed by atoms with Crippen LogP contribution in [0.5, 0.6) is 0 Å². The average Bonchev–Trinajstić information content (AvgIpc) is 3.44. The molecule has 0 radical (unpaired) electrons. The summed E-state index contributed by atoms with van der Waals surface area (Å²) in [5, 5.41) is 45.9. The zero-order chi connectivity index (χ0) is 34.6. The standard InChI is InChI=1S/C37H54N4O7/c1-23-30-19-29(37(30,3)4)20-31(23)39-36(47)34-33(24(2)45)32(22-44)48-41(34)21-25-7-5-8-26(17-25)27-9-6-10-28(18-27)35(46)38-11-12-40(13-15-42)14-16-43/h5-10,17-18,23-24,29-34,42-45H,11-16,19-22H2,1-4H3,(H,38,46)(H,39,47)/p+1. The van der Waals surface area contributed by atoms with Crippen LogP contribution in [0, 0.1) is 29.1 Å². The van der Waals surface area contributed by atoms with Crippen molar-refractivity contribution in [3.8, 4) is 11.1 Å². The third-order valence-electron chi connectivity index (χ3n) is 11.5. The van der Waals surface area contributed by atoms with E-state index in [1.807, 2.05) is 52.7 Å². The third-order valence-corrected chi connectivity index (χ3v) is 11.5. The lowest BCUT2D eigenvalue weighted by Gasteiger charge is -2.60. The van der Waals surface area contributed by atoms with Crippen LogP contribution in [-0.2, 0) is 16.2 Å². The maximum absolute atomic E-state index is 14.1. The van der Waals surface area contributed by atoms with Crippen LogP contribution in [0.4, 0.5) is 0 Å². The number of nitrogens with zero attached hydrogens (tertiary/aromatic N) is 2. The Kier molecular flexibility index (Phi) is 12.1. The van der Waals surface area contributed by atoms with Crippen molar-refractivity contribution in [2.45, 2.75) is 71.4 Å². The number of aliphatic hydroxyl groups is 4. The summed E-state index contributed by atoms with van der Waals surface area (Å²) in [6, 6.07) is 14.7. The molecule has 2 aromatic carbocycles. The molecule has 3 aliphatic carbocycles. The van der Waals surface area contributed by atoms with Gasteiger partial charge in [-0.3, -0.25) is 19.8 Å². The van der Waals surface area contributed by atoms with Crippen molar-refractivity contribution in [3.63, 3.8) is 0 Å². The first-order valence-corrected chi connectivity index (χ1v) is 17.5. The van der Waals surface area contributed by atoms with Gasteiger partial charge in [0.2, 0.25) is 0 Å². The molecular weight excluding hydrogens is 612 g/mol. The Labute approximate surface area is 284 Å². The van der Waals surface area contributed by atoms with Gasteiger partial charge in [0.1, 0.15) is 6.10 Å². The minimum Gasteiger partial charge on any atom is -0.395 e. The van der Waals surface area contributed by atoms with Crippen molar-refractivity contribution in [2.75, 3.05) is 46.0 Å². The summed E-state index contributed by atoms with van der Waals surface area (Å²) in [5.41, 5.74) is 3.48. The predicted octanol–water partition coefficient (Wildman–Crippen LogP) is 1.00. The molecular formula is C37H55N4O7+. The minimum atomic E-state index is -0.849. The molecule has 2 aromatic rings. The SMILES string of the molecule is CC(O)C1C(CO)ON(Cc2cccc(-c3cccc(C(=O)NCCN(CCO)CCO)c3)c2)C1C(=O)[NH2+]C1CC2CC(C1C)C2(C)C. The lowest BCUT2D eigenvalue weighted by atomic mass is 9.45. The van der Waals surface area contributed by atoms with Gasteiger partial charge >= 0.3 is 5.91 Å². The van der Waals surface area contributed by atoms with Crippen LogP contribution in [0.3, 0.4) is 0 Å². The summed E-state index contributed by atoms with van der Waals surface area (Å²) in [4.78, 5) is 35.1. The maximum atomic E-state index is 14.1. The van der Waals surface area contributed by atoms with E-state index in [9.17, 15) is 30.0 Å². The van der Waals surface area contributed by atoms with E-state index in [-0.39, 0.29) is 44.2 Å². The number of carbonyl (C=O) groups excluding carboxylic acids is 2. The molecule has 4 aliphatic rings. The van der Waals surface area contributed by atoms with Gasteiger partial charge in [-0.2, -0.15) is 5.06 Å². The summed E-state index contributed by atoms with van der Waals surface area (Å²) in [6.07, 6.45) is 0.686. The number of quaternary nitrogens is 1. The van der Waals surface area contributed by atoms with Gasteiger partial charge in [-0.05, 0) is 65.5 Å². The lowest BCUT2D eigenvalue weighted by molar-refractivity contribution is -0.628. The Morgan fingerprint density at radius 3 is 2.35 bits per heavy atom. The van der Waals surface area contributed by atoms with Crippen LogP contribution in [-0.4, -0.2) is 112 Å². The van der Waals surface area contributed by atoms with E-state index in [1.165, 1.54) is 6.42 Å². The Morgan fingerprint density at radius 1 is 1.04 bits per heavy atom. The minimum absolute atomic E-state index is 0.0172. The molecule has 11 nitrogen and oxygen atoms in total. The molecule has 0 aromatic heterocycles. The van der Waals surface area contributed by atoms with E-state index in [0.717, 1.165) is 23.1 Å². The highest BCUT2D eigenvalue weighted by atomic mass is 16.7. The van der Waals surface area contributed by atoms with Crippen molar-refractivity contribution >= 4 is 11.8 Å². The first kappa shape index (κ1) is 36.5. The van der Waals surface area contributed by atoms with Crippen molar-refractivity contribution in [1.29, 1.82) is 0 Å². The largest absolute Gasteiger partial charge is 0.395 e. The Bertz CT molecular complexity index is 1400. The number of hydrogen-bond acceptors (Lipinski definition) is 9. The first-order chi connectivity index (χ1) is 23.0. The fraction of sp³-hybridized carbons (Fsp3) is 0.622. The van der Waals surface area contributed by atoms with Crippen LogP contribution in [0.2, 0.25) is 0 Å². The quantitative estimate of drug-likeness (QED) is 0.163. The smallest absolute Gasteiger partial charge is 0.330 e. The Morgan fingerprint density at radius 2 is 1.73 bits per heavy atom. The number of carbonyl (C=O) groups is 2. The normalized spacial score (nSPS) is 28.6. The van der Waals surface area contributed by atoms with E-state index >= 15 is 0 Å². The van der Waals surface area contributed by atoms with Crippen molar-refractivity contribution in [1.82, 2.24) is 15.3 Å². The van der Waals surface area contributed by atoms with Crippen LogP contribution >= 0.6 is 0 Å². The summed E-state index contributed by atoms with van der Waals surface area (Å²) in [7, 11) is 0. The van der Waals surface area contributed by atoms with Crippen LogP contribution in [0.1, 0.15) is 56.5 Å². The number of hydroxylamine groups is 2. The molecule has 6 rings (SSSR count).